The molecule has 12 aromatic rings. The van der Waals surface area contributed by atoms with Crippen LogP contribution >= 0.6 is 0 Å². The van der Waals surface area contributed by atoms with E-state index in [9.17, 15) is 13.2 Å². The van der Waals surface area contributed by atoms with Crippen LogP contribution in [0, 0.1) is 110 Å². The number of halogens is 3. The Bertz CT molecular complexity index is 4340. The van der Waals surface area contributed by atoms with Gasteiger partial charge in [-0.2, -0.15) is 68.6 Å². The Morgan fingerprint density at radius 1 is 0.339 bits per heavy atom. The van der Waals surface area contributed by atoms with Crippen LogP contribution in [0.1, 0.15) is 59.7 Å². The number of aryl methyl sites for hydroxylation is 6. The molecular formula is C82H81F3Ir4N20. The topological polar surface area (TPSA) is 185 Å². The monoisotopic (exact) mass is 2170 g/mol. The van der Waals surface area contributed by atoms with Gasteiger partial charge in [-0.3, -0.25) is 33.1 Å². The zero-order valence-electron chi connectivity index (χ0n) is 62.2. The van der Waals surface area contributed by atoms with E-state index in [0.717, 1.165) is 79.4 Å². The summed E-state index contributed by atoms with van der Waals surface area (Å²) in [6.07, 6.45) is 29.4. The molecule has 0 saturated carbocycles. The van der Waals surface area contributed by atoms with Crippen molar-refractivity contribution in [3.05, 3.63) is 340 Å². The van der Waals surface area contributed by atoms with Crippen LogP contribution in [0.4, 0.5) is 35.9 Å². The normalized spacial score (nSPS) is 12.6. The smallest absolute Gasteiger partial charge is 0.574 e. The largest absolute Gasteiger partial charge is 3.00 e. The quantitative estimate of drug-likeness (QED) is 0.131. The van der Waals surface area contributed by atoms with Crippen molar-refractivity contribution in [2.24, 2.45) is 0 Å². The van der Waals surface area contributed by atoms with Crippen molar-refractivity contribution in [2.45, 2.75) is 67.7 Å². The van der Waals surface area contributed by atoms with E-state index >= 15 is 0 Å². The first kappa shape index (κ1) is 89.7. The Balaban J connectivity index is 0.000000222. The zero-order chi connectivity index (χ0) is 74.8. The summed E-state index contributed by atoms with van der Waals surface area (Å²) < 4.78 is 37.7. The zero-order valence-corrected chi connectivity index (χ0v) is 71.7. The van der Waals surface area contributed by atoms with E-state index in [1.807, 2.05) is 245 Å². The van der Waals surface area contributed by atoms with Crippen LogP contribution in [-0.4, -0.2) is 88.1 Å². The van der Waals surface area contributed by atoms with Gasteiger partial charge >= 0.3 is 80.4 Å². The van der Waals surface area contributed by atoms with Gasteiger partial charge in [0.05, 0.1) is 11.4 Å². The summed E-state index contributed by atoms with van der Waals surface area (Å²) in [5.74, 6) is -0.791. The van der Waals surface area contributed by atoms with Crippen LogP contribution in [0.5, 0.6) is 0 Å². The first-order valence-electron chi connectivity index (χ1n) is 33.2. The summed E-state index contributed by atoms with van der Waals surface area (Å²) in [4.78, 5) is 32.5. The SMILES string of the molecule is CC(C)(C)c1ccnc(-c2ccn[n-]2)c1.CN1C=CN(c2[c-]cc(F)cc2)[CH-]1.CN1C=CN(c2[c-]cc(F)cc2)[CH-]1.CN1C=CN(c2[c-]cc(F)cc2)[CH-]1.Cc1c[c-]c(N2C=CN(C)[CH-]2)cc1.Cc1ccnc(-c2ccn[n-]2)c1.Cc1cnc(-c2ccn[n-]2)c(C)c1.Cc1cnc(-c2ccn[n-]2)c(C)c1.[Ir+3].[Ir+3].[Ir+3].[Ir+3]. The maximum atomic E-state index is 12.6. The summed E-state index contributed by atoms with van der Waals surface area (Å²) in [5, 5.41) is 30.9. The number of aromatic nitrogens is 12. The molecule has 0 N–H and O–H groups in total. The van der Waals surface area contributed by atoms with E-state index < -0.39 is 0 Å². The number of pyridine rings is 4. The van der Waals surface area contributed by atoms with Crippen LogP contribution in [0.15, 0.2) is 233 Å². The number of nitrogens with zero attached hydrogens (tertiary/aromatic N) is 20. The molecule has 27 heteroatoms. The summed E-state index contributed by atoms with van der Waals surface area (Å²) >= 11 is 0. The minimum absolute atomic E-state index is 0. The van der Waals surface area contributed by atoms with E-state index in [4.69, 9.17) is 0 Å². The van der Waals surface area contributed by atoms with Crippen molar-refractivity contribution < 1.29 is 93.6 Å². The third-order valence-electron chi connectivity index (χ3n) is 15.3. The Kier molecular flexibility index (Phi) is 36.6. The Labute approximate surface area is 692 Å². The molecule has 4 aliphatic rings. The van der Waals surface area contributed by atoms with Crippen LogP contribution in [-0.2, 0) is 85.8 Å². The first-order valence-corrected chi connectivity index (χ1v) is 33.2. The summed E-state index contributed by atoms with van der Waals surface area (Å²) in [5.41, 5.74) is 19.0. The van der Waals surface area contributed by atoms with Gasteiger partial charge in [0.25, 0.3) is 0 Å². The van der Waals surface area contributed by atoms with Crippen molar-refractivity contribution in [1.29, 1.82) is 0 Å². The van der Waals surface area contributed by atoms with Gasteiger partial charge < -0.3 is 80.0 Å². The van der Waals surface area contributed by atoms with Crippen LogP contribution < -0.4 is 40.0 Å². The van der Waals surface area contributed by atoms with E-state index in [-0.39, 0.29) is 103 Å². The third-order valence-corrected chi connectivity index (χ3v) is 15.3. The van der Waals surface area contributed by atoms with Crippen LogP contribution in [0.2, 0.25) is 0 Å². The predicted octanol–water partition coefficient (Wildman–Crippen LogP) is 15.3. The predicted molar refractivity (Wildman–Crippen MR) is 406 cm³/mol. The minimum atomic E-state index is -0.264. The fourth-order valence-corrected chi connectivity index (χ4v) is 9.84. The molecule has 0 atom stereocenters. The number of hydrogen-bond donors (Lipinski definition) is 0. The second-order valence-electron chi connectivity index (χ2n) is 25.3. The molecule has 0 fully saturated rings. The fraction of sp³-hybridized carbons (Fsp3) is 0.171. The second-order valence-corrected chi connectivity index (χ2v) is 25.3. The molecule has 8 aromatic heterocycles. The van der Waals surface area contributed by atoms with Crippen LogP contribution in [0.25, 0.3) is 45.6 Å². The standard InChI is InChI=1S/C12H14N3.C11H12N2.3C10H9FN2.2C10H10N3.C9H8N3.4Ir/c1-12(2,3)9-4-6-13-11(8-9)10-5-7-14-15-10;1-10-3-5-11(6-4-10)13-8-7-12(2)9-13;3*1-12-6-7-13(8-12)10-4-2-9(11)3-5-10;2*1-7-5-8(2)10(11-6-7)9-3-4-12-13-9;1-7-2-4-10-9(6-7)8-3-5-11-12-8;;;;/h4-8H,1-3H3;3-5,7-9H,1-2H3;3*2-4,6-8H,1H3;2*3-6H,1-2H3;2-6H,1H3;;;;/q-1;4*-2;3*-1;4*+3. The van der Waals surface area contributed by atoms with Crippen molar-refractivity contribution >= 4 is 22.7 Å². The van der Waals surface area contributed by atoms with Gasteiger partial charge in [0.1, 0.15) is 0 Å². The van der Waals surface area contributed by atoms with E-state index in [1.54, 1.807) is 49.2 Å². The molecule has 566 valence electrons. The maximum Gasteiger partial charge on any atom is 3.00 e. The van der Waals surface area contributed by atoms with Crippen molar-refractivity contribution in [3.8, 4) is 45.6 Å². The second kappa shape index (κ2) is 44.5. The Morgan fingerprint density at radius 3 is 0.945 bits per heavy atom. The summed E-state index contributed by atoms with van der Waals surface area (Å²) in [7, 11) is 7.80. The molecule has 4 aliphatic heterocycles. The van der Waals surface area contributed by atoms with Crippen molar-refractivity contribution in [3.63, 3.8) is 0 Å². The molecule has 20 nitrogen and oxygen atoms in total. The van der Waals surface area contributed by atoms with Gasteiger partial charge in [-0.15, -0.1) is 83.4 Å². The molecular weight excluding hydrogens is 2090 g/mol. The molecule has 109 heavy (non-hydrogen) atoms. The molecule has 0 saturated heterocycles. The molecule has 4 aromatic carbocycles. The van der Waals surface area contributed by atoms with Gasteiger partial charge in [0, 0.05) is 78.4 Å². The molecule has 0 bridgehead atoms. The Hall–Kier alpha value is -9.93. The maximum absolute atomic E-state index is 12.6. The van der Waals surface area contributed by atoms with E-state index in [2.05, 4.69) is 143 Å². The van der Waals surface area contributed by atoms with Crippen molar-refractivity contribution in [1.82, 2.24) is 80.3 Å². The summed E-state index contributed by atoms with van der Waals surface area (Å²) in [6.45, 7) is 26.5. The number of rotatable bonds is 8. The number of hydrogen-bond acceptors (Lipinski definition) is 16. The third kappa shape index (κ3) is 28.5. The molecule has 0 aliphatic carbocycles. The molecule has 16 rings (SSSR count). The van der Waals surface area contributed by atoms with Crippen molar-refractivity contribution in [2.75, 3.05) is 47.8 Å². The number of anilines is 4. The average Bonchev–Trinajstić information content (AvgIpc) is 1.66. The van der Waals surface area contributed by atoms with Crippen LogP contribution in [0.3, 0.4) is 0 Å². The van der Waals surface area contributed by atoms with E-state index in [0.29, 0.717) is 0 Å². The Morgan fingerprint density at radius 2 is 0.670 bits per heavy atom. The summed E-state index contributed by atoms with van der Waals surface area (Å²) in [6, 6.07) is 50.9. The molecule has 0 unspecified atom stereocenters. The van der Waals surface area contributed by atoms with Gasteiger partial charge in [-0.1, -0.05) is 86.9 Å². The molecule has 0 amide bonds. The average molecular weight is 2170 g/mol. The fourth-order valence-electron chi connectivity index (χ4n) is 9.84. The molecule has 0 spiro atoms. The minimum Gasteiger partial charge on any atom is -0.574 e. The van der Waals surface area contributed by atoms with Gasteiger partial charge in [0.2, 0.25) is 0 Å². The van der Waals surface area contributed by atoms with E-state index in [1.165, 1.54) is 64.2 Å². The van der Waals surface area contributed by atoms with Gasteiger partial charge in [-0.05, 0) is 175 Å². The van der Waals surface area contributed by atoms with Gasteiger partial charge in [0.15, 0.2) is 0 Å². The molecule has 0 radical (unpaired) electrons. The molecule has 12 heterocycles. The van der Waals surface area contributed by atoms with Gasteiger partial charge in [-0.25, -0.2) is 0 Å². The first-order chi connectivity index (χ1) is 50.5. The number of benzene rings is 4.